The zero-order valence-corrected chi connectivity index (χ0v) is 12.5. The van der Waals surface area contributed by atoms with Crippen LogP contribution < -0.4 is 4.74 Å². The average molecular weight is 284 g/mol. The van der Waals surface area contributed by atoms with Crippen LogP contribution in [0.25, 0.3) is 0 Å². The highest BCUT2D eigenvalue weighted by Crippen LogP contribution is 2.30. The number of methoxy groups -OCH3 is 1. The third-order valence-electron chi connectivity index (χ3n) is 3.24. The second kappa shape index (κ2) is 7.43. The van der Waals surface area contributed by atoms with Crippen LogP contribution in [0.4, 0.5) is 11.4 Å². The summed E-state index contributed by atoms with van der Waals surface area (Å²) in [7, 11) is 1.59. The van der Waals surface area contributed by atoms with Gasteiger partial charge in [-0.25, -0.2) is 0 Å². The number of nitrogens with zero attached hydrogens (tertiary/aromatic N) is 2. The van der Waals surface area contributed by atoms with Crippen LogP contribution in [-0.2, 0) is 6.42 Å². The Morgan fingerprint density at radius 3 is 2.57 bits per heavy atom. The van der Waals surface area contributed by atoms with E-state index in [4.69, 9.17) is 4.74 Å². The Morgan fingerprint density at radius 2 is 1.90 bits per heavy atom. The Kier molecular flexibility index (Phi) is 5.32. The standard InChI is InChI=1S/C17H20N2O2/c1-3-4-8-14-11-12-16(17(13-14)21-2)18-19(20)15-9-6-5-7-10-15/h5-7,9-13H,3-4,8H2,1-2H3. The van der Waals surface area contributed by atoms with Crippen molar-refractivity contribution < 1.29 is 9.60 Å². The third-order valence-corrected chi connectivity index (χ3v) is 3.24. The Morgan fingerprint density at radius 1 is 1.14 bits per heavy atom. The number of benzene rings is 2. The molecule has 0 fully saturated rings. The van der Waals surface area contributed by atoms with E-state index in [2.05, 4.69) is 12.0 Å². The summed E-state index contributed by atoms with van der Waals surface area (Å²) in [6.45, 7) is 2.16. The van der Waals surface area contributed by atoms with E-state index in [0.29, 0.717) is 22.0 Å². The molecule has 2 aromatic rings. The van der Waals surface area contributed by atoms with Crippen molar-refractivity contribution in [2.24, 2.45) is 5.11 Å². The molecular formula is C17H20N2O2. The summed E-state index contributed by atoms with van der Waals surface area (Å²) in [5.41, 5.74) is 2.23. The van der Waals surface area contributed by atoms with Crippen molar-refractivity contribution in [1.82, 2.24) is 0 Å². The molecule has 0 radical (unpaired) electrons. The molecule has 21 heavy (non-hydrogen) atoms. The lowest BCUT2D eigenvalue weighted by molar-refractivity contribution is -0.435. The van der Waals surface area contributed by atoms with E-state index in [1.54, 1.807) is 31.4 Å². The number of para-hydroxylation sites is 1. The summed E-state index contributed by atoms with van der Waals surface area (Å²) in [6.07, 6.45) is 3.29. The van der Waals surface area contributed by atoms with Gasteiger partial charge in [-0.2, -0.15) is 0 Å². The molecule has 110 valence electrons. The summed E-state index contributed by atoms with van der Waals surface area (Å²) in [6, 6.07) is 14.7. The molecule has 2 rings (SSSR count). The summed E-state index contributed by atoms with van der Waals surface area (Å²) < 4.78 is 5.34. The average Bonchev–Trinajstić information content (AvgIpc) is 2.54. The van der Waals surface area contributed by atoms with Crippen molar-refractivity contribution in [1.29, 1.82) is 0 Å². The van der Waals surface area contributed by atoms with Crippen LogP contribution in [0.15, 0.2) is 53.6 Å². The second-order valence-corrected chi connectivity index (χ2v) is 4.82. The number of rotatable bonds is 6. The van der Waals surface area contributed by atoms with E-state index >= 15 is 0 Å². The summed E-state index contributed by atoms with van der Waals surface area (Å²) in [5, 5.41) is 16.1. The van der Waals surface area contributed by atoms with Gasteiger partial charge in [-0.15, -0.1) is 0 Å². The lowest BCUT2D eigenvalue weighted by atomic mass is 10.1. The van der Waals surface area contributed by atoms with Crippen molar-refractivity contribution in [3.63, 3.8) is 0 Å². The molecule has 0 aliphatic carbocycles. The lowest BCUT2D eigenvalue weighted by Crippen LogP contribution is -1.93. The molecule has 0 saturated carbocycles. The van der Waals surface area contributed by atoms with Crippen molar-refractivity contribution in [3.05, 3.63) is 59.3 Å². The first kappa shape index (κ1) is 15.0. The smallest absolute Gasteiger partial charge is 0.244 e. The van der Waals surface area contributed by atoms with Crippen LogP contribution in [0.3, 0.4) is 0 Å². The third kappa shape index (κ3) is 4.05. The van der Waals surface area contributed by atoms with Crippen LogP contribution in [-0.4, -0.2) is 12.0 Å². The largest absolute Gasteiger partial charge is 0.594 e. The fourth-order valence-electron chi connectivity index (χ4n) is 2.05. The van der Waals surface area contributed by atoms with Gasteiger partial charge in [0.05, 0.1) is 7.11 Å². The quantitative estimate of drug-likeness (QED) is 0.427. The fourth-order valence-corrected chi connectivity index (χ4v) is 2.05. The highest BCUT2D eigenvalue weighted by atomic mass is 16.5. The van der Waals surface area contributed by atoms with Gasteiger partial charge in [0.2, 0.25) is 5.69 Å². The number of hydrogen-bond acceptors (Lipinski definition) is 3. The SMILES string of the molecule is CCCCc1ccc(N=[N+]([O-])c2ccccc2)c(OC)c1. The van der Waals surface area contributed by atoms with E-state index < -0.39 is 0 Å². The molecule has 0 aliphatic rings. The molecule has 0 atom stereocenters. The normalized spacial score (nSPS) is 11.4. The molecule has 0 bridgehead atoms. The van der Waals surface area contributed by atoms with Gasteiger partial charge in [0.1, 0.15) is 0 Å². The fraction of sp³-hybridized carbons (Fsp3) is 0.294. The maximum Gasteiger partial charge on any atom is 0.244 e. The van der Waals surface area contributed by atoms with Gasteiger partial charge >= 0.3 is 0 Å². The van der Waals surface area contributed by atoms with E-state index in [0.717, 1.165) is 19.3 Å². The first-order valence-corrected chi connectivity index (χ1v) is 7.15. The van der Waals surface area contributed by atoms with Crippen molar-refractivity contribution >= 4 is 11.4 Å². The number of azo groups is 1. The topological polar surface area (TPSA) is 47.7 Å². The molecule has 0 aliphatic heterocycles. The van der Waals surface area contributed by atoms with Gasteiger partial charge in [-0.3, -0.25) is 0 Å². The van der Waals surface area contributed by atoms with Gasteiger partial charge in [0.25, 0.3) is 0 Å². The Bertz CT molecular complexity index is 609. The van der Waals surface area contributed by atoms with Gasteiger partial charge in [-0.1, -0.05) is 37.6 Å². The monoisotopic (exact) mass is 284 g/mol. The highest BCUT2D eigenvalue weighted by molar-refractivity contribution is 5.52. The molecule has 4 heteroatoms. The Balaban J connectivity index is 2.27. The van der Waals surface area contributed by atoms with Crippen molar-refractivity contribution in [2.75, 3.05) is 7.11 Å². The van der Waals surface area contributed by atoms with E-state index in [1.165, 1.54) is 5.56 Å². The first-order valence-electron chi connectivity index (χ1n) is 7.15. The summed E-state index contributed by atoms with van der Waals surface area (Å²) in [5.74, 6) is 0.625. The van der Waals surface area contributed by atoms with Crippen molar-refractivity contribution in [2.45, 2.75) is 26.2 Å². The van der Waals surface area contributed by atoms with E-state index in [1.807, 2.05) is 24.3 Å². The zero-order valence-electron chi connectivity index (χ0n) is 12.5. The lowest BCUT2D eigenvalue weighted by Gasteiger charge is -2.07. The molecule has 0 N–H and O–H groups in total. The highest BCUT2D eigenvalue weighted by Gasteiger charge is 2.09. The minimum absolute atomic E-state index is 0.495. The Labute approximate surface area is 125 Å². The molecule has 0 amide bonds. The minimum atomic E-state index is 0.495. The predicted molar refractivity (Wildman–Crippen MR) is 83.4 cm³/mol. The molecule has 0 saturated heterocycles. The van der Waals surface area contributed by atoms with Crippen molar-refractivity contribution in [3.8, 4) is 5.75 Å². The number of ether oxygens (including phenoxy) is 1. The molecule has 0 aromatic heterocycles. The Hall–Kier alpha value is -2.36. The van der Waals surface area contributed by atoms with Gasteiger partial charge in [0, 0.05) is 17.2 Å². The number of hydrogen-bond donors (Lipinski definition) is 0. The van der Waals surface area contributed by atoms with Crippen LogP contribution in [0.1, 0.15) is 25.3 Å². The first-order chi connectivity index (χ1) is 10.2. The molecule has 0 heterocycles. The maximum atomic E-state index is 12.0. The molecular weight excluding hydrogens is 264 g/mol. The van der Waals surface area contributed by atoms with Gasteiger partial charge in [-0.05, 0) is 35.4 Å². The predicted octanol–water partition coefficient (Wildman–Crippen LogP) is 4.96. The van der Waals surface area contributed by atoms with Gasteiger partial charge in [0.15, 0.2) is 11.4 Å². The minimum Gasteiger partial charge on any atom is -0.594 e. The van der Waals surface area contributed by atoms with Crippen LogP contribution in [0, 0.1) is 5.21 Å². The maximum absolute atomic E-state index is 12.0. The molecule has 0 unspecified atom stereocenters. The second-order valence-electron chi connectivity index (χ2n) is 4.82. The molecule has 4 nitrogen and oxygen atoms in total. The summed E-state index contributed by atoms with van der Waals surface area (Å²) >= 11 is 0. The van der Waals surface area contributed by atoms with Crippen LogP contribution >= 0.6 is 0 Å². The van der Waals surface area contributed by atoms with Crippen LogP contribution in [0.5, 0.6) is 5.75 Å². The van der Waals surface area contributed by atoms with E-state index in [-0.39, 0.29) is 0 Å². The van der Waals surface area contributed by atoms with Crippen LogP contribution in [0.2, 0.25) is 0 Å². The molecule has 0 spiro atoms. The summed E-state index contributed by atoms with van der Waals surface area (Å²) in [4.78, 5) is 0.615. The van der Waals surface area contributed by atoms with Gasteiger partial charge < -0.3 is 9.94 Å². The number of aryl methyl sites for hydroxylation is 1. The zero-order chi connectivity index (χ0) is 15.1. The molecule has 2 aromatic carbocycles. The number of unbranched alkanes of at least 4 members (excludes halogenated alkanes) is 1. The van der Waals surface area contributed by atoms with E-state index in [9.17, 15) is 5.21 Å².